The van der Waals surface area contributed by atoms with E-state index in [4.69, 9.17) is 12.3 Å². The summed E-state index contributed by atoms with van der Waals surface area (Å²) in [6.45, 7) is 25.5. The van der Waals surface area contributed by atoms with Crippen LogP contribution in [-0.2, 0) is 17.1 Å². The number of hydrogen-bond donors (Lipinski definition) is 0. The van der Waals surface area contributed by atoms with Crippen molar-refractivity contribution in [3.63, 3.8) is 0 Å². The standard InChI is InChI=1S/C17H43NO4Si5/c1-23(2,3)20-27(11,21-24(4,5)6)16-15-26(9,10)22-25(7,8)14-12-13-18-17-19/h12-16H2,1-11H3. The zero-order chi connectivity index (χ0) is 21.6. The van der Waals surface area contributed by atoms with Crippen LogP contribution in [0.1, 0.15) is 6.42 Å². The molecule has 0 bridgehead atoms. The Morgan fingerprint density at radius 3 is 1.52 bits per heavy atom. The highest BCUT2D eigenvalue weighted by Gasteiger charge is 2.42. The second-order valence-corrected chi connectivity index (χ2v) is 32.5. The topological polar surface area (TPSA) is 57.1 Å². The monoisotopic (exact) mass is 465 g/mol. The normalized spacial score (nSPS) is 14.2. The fraction of sp³-hybridized carbons (Fsp3) is 0.941. The first-order chi connectivity index (χ1) is 11.9. The Morgan fingerprint density at radius 2 is 1.11 bits per heavy atom. The third-order valence-corrected chi connectivity index (χ3v) is 21.3. The van der Waals surface area contributed by atoms with Gasteiger partial charge < -0.3 is 12.3 Å². The number of hydrogen-bond acceptors (Lipinski definition) is 5. The number of nitrogens with zero attached hydrogens (tertiary/aromatic N) is 1. The van der Waals surface area contributed by atoms with Gasteiger partial charge in [-0.15, -0.1) is 0 Å². The second-order valence-electron chi connectivity index (χ2n) is 10.8. The average Bonchev–Trinajstić information content (AvgIpc) is 2.36. The summed E-state index contributed by atoms with van der Waals surface area (Å²) in [5.41, 5.74) is 0. The molecule has 0 saturated carbocycles. The van der Waals surface area contributed by atoms with E-state index in [0.29, 0.717) is 6.54 Å². The molecular formula is C17H43NO4Si5. The molecule has 0 fully saturated rings. The fourth-order valence-electron chi connectivity index (χ4n) is 3.43. The van der Waals surface area contributed by atoms with E-state index in [9.17, 15) is 4.79 Å². The molecule has 0 rings (SSSR count). The predicted molar refractivity (Wildman–Crippen MR) is 129 cm³/mol. The number of isocyanates is 1. The summed E-state index contributed by atoms with van der Waals surface area (Å²) in [6, 6.07) is 3.12. The van der Waals surface area contributed by atoms with Gasteiger partial charge in [-0.05, 0) is 96.6 Å². The molecule has 0 unspecified atom stereocenters. The molecule has 0 aliphatic heterocycles. The number of rotatable bonds is 13. The van der Waals surface area contributed by atoms with Crippen LogP contribution in [-0.4, -0.2) is 54.5 Å². The van der Waals surface area contributed by atoms with Gasteiger partial charge in [0.2, 0.25) is 6.08 Å². The molecule has 0 atom stereocenters. The summed E-state index contributed by atoms with van der Waals surface area (Å²) < 4.78 is 20.0. The minimum absolute atomic E-state index is 0.560. The minimum Gasteiger partial charge on any atom is -0.456 e. The molecular weight excluding hydrogens is 423 g/mol. The molecule has 160 valence electrons. The van der Waals surface area contributed by atoms with Gasteiger partial charge in [-0.25, -0.2) is 9.79 Å². The van der Waals surface area contributed by atoms with Crippen molar-refractivity contribution < 1.29 is 17.1 Å². The van der Waals surface area contributed by atoms with E-state index in [1.54, 1.807) is 6.08 Å². The molecule has 27 heavy (non-hydrogen) atoms. The third-order valence-electron chi connectivity index (χ3n) is 3.89. The van der Waals surface area contributed by atoms with Crippen LogP contribution < -0.4 is 0 Å². The lowest BCUT2D eigenvalue weighted by Crippen LogP contribution is -2.54. The smallest absolute Gasteiger partial charge is 0.314 e. The second kappa shape index (κ2) is 10.4. The van der Waals surface area contributed by atoms with Crippen LogP contribution in [0.25, 0.3) is 0 Å². The SMILES string of the molecule is C[Si](C)(C)O[Si](C)(CC[Si](C)(C)O[Si](C)(C)CCCN=C=O)O[Si](C)(C)C. The van der Waals surface area contributed by atoms with Gasteiger partial charge in [0.15, 0.2) is 33.3 Å². The van der Waals surface area contributed by atoms with Gasteiger partial charge in [0, 0.05) is 0 Å². The summed E-state index contributed by atoms with van der Waals surface area (Å²) in [5.74, 6) is 0. The Labute approximate surface area is 173 Å². The van der Waals surface area contributed by atoms with Gasteiger partial charge in [0.1, 0.15) is 0 Å². The Kier molecular flexibility index (Phi) is 10.5. The Bertz CT molecular complexity index is 492. The summed E-state index contributed by atoms with van der Waals surface area (Å²) in [4.78, 5) is 13.9. The molecule has 0 amide bonds. The molecule has 0 spiro atoms. The van der Waals surface area contributed by atoms with Crippen LogP contribution >= 0.6 is 0 Å². The molecule has 0 aromatic carbocycles. The van der Waals surface area contributed by atoms with Crippen LogP contribution in [0.3, 0.4) is 0 Å². The van der Waals surface area contributed by atoms with E-state index in [0.717, 1.165) is 24.6 Å². The predicted octanol–water partition coefficient (Wildman–Crippen LogP) is 5.91. The molecule has 0 aromatic heterocycles. The Morgan fingerprint density at radius 1 is 0.667 bits per heavy atom. The van der Waals surface area contributed by atoms with Gasteiger partial charge in [-0.3, -0.25) is 0 Å². The van der Waals surface area contributed by atoms with Crippen molar-refractivity contribution in [3.05, 3.63) is 0 Å². The maximum Gasteiger partial charge on any atom is 0.314 e. The molecule has 0 aromatic rings. The molecule has 0 radical (unpaired) electrons. The highest BCUT2D eigenvalue weighted by molar-refractivity contribution is 6.89. The average molecular weight is 466 g/mol. The fourth-order valence-corrected chi connectivity index (χ4v) is 27.2. The molecule has 0 aliphatic carbocycles. The summed E-state index contributed by atoms with van der Waals surface area (Å²) >= 11 is 0. The van der Waals surface area contributed by atoms with Crippen LogP contribution in [0.4, 0.5) is 0 Å². The lowest BCUT2D eigenvalue weighted by molar-refractivity contribution is 0.384. The first kappa shape index (κ1) is 27.3. The van der Waals surface area contributed by atoms with Gasteiger partial charge in [-0.2, -0.15) is 0 Å². The highest BCUT2D eigenvalue weighted by Crippen LogP contribution is 2.31. The highest BCUT2D eigenvalue weighted by atomic mass is 28.5. The van der Waals surface area contributed by atoms with Crippen molar-refractivity contribution in [1.82, 2.24) is 0 Å². The number of aliphatic imine (C=N–C) groups is 1. The maximum atomic E-state index is 10.2. The van der Waals surface area contributed by atoms with Crippen LogP contribution in [0.2, 0.25) is 90.1 Å². The molecule has 0 heterocycles. The van der Waals surface area contributed by atoms with Crippen LogP contribution in [0.15, 0.2) is 4.99 Å². The van der Waals surface area contributed by atoms with Gasteiger partial charge in [0.25, 0.3) is 0 Å². The van der Waals surface area contributed by atoms with Crippen molar-refractivity contribution in [1.29, 1.82) is 0 Å². The molecule has 0 aliphatic rings. The molecule has 10 heteroatoms. The van der Waals surface area contributed by atoms with E-state index in [1.165, 1.54) is 0 Å². The Balaban J connectivity index is 4.98. The van der Waals surface area contributed by atoms with Crippen molar-refractivity contribution in [3.8, 4) is 0 Å². The zero-order valence-corrected chi connectivity index (χ0v) is 24.6. The van der Waals surface area contributed by atoms with Gasteiger partial charge in [0.05, 0.1) is 6.54 Å². The van der Waals surface area contributed by atoms with Crippen molar-refractivity contribution in [2.45, 2.75) is 96.6 Å². The van der Waals surface area contributed by atoms with E-state index in [-0.39, 0.29) is 0 Å². The van der Waals surface area contributed by atoms with Crippen molar-refractivity contribution in [2.75, 3.05) is 6.54 Å². The lowest BCUT2D eigenvalue weighted by atomic mass is 10.5. The lowest BCUT2D eigenvalue weighted by Gasteiger charge is -2.41. The molecule has 0 N–H and O–H groups in total. The quantitative estimate of drug-likeness (QED) is 0.147. The summed E-state index contributed by atoms with van der Waals surface area (Å²) in [7, 11) is -9.09. The van der Waals surface area contributed by atoms with E-state index >= 15 is 0 Å². The van der Waals surface area contributed by atoms with E-state index in [1.807, 2.05) is 0 Å². The van der Waals surface area contributed by atoms with E-state index < -0.39 is 41.8 Å². The summed E-state index contributed by atoms with van der Waals surface area (Å²) in [6.07, 6.45) is 2.52. The Hall–Kier alpha value is 0.344. The molecule has 0 saturated heterocycles. The van der Waals surface area contributed by atoms with Gasteiger partial charge in [-0.1, -0.05) is 0 Å². The molecule has 5 nitrogen and oxygen atoms in total. The van der Waals surface area contributed by atoms with Gasteiger partial charge >= 0.3 is 8.56 Å². The maximum absolute atomic E-state index is 10.2. The first-order valence-electron chi connectivity index (χ1n) is 10.0. The first-order valence-corrected chi connectivity index (χ1v) is 25.6. The van der Waals surface area contributed by atoms with Crippen LogP contribution in [0.5, 0.6) is 0 Å². The largest absolute Gasteiger partial charge is 0.456 e. The third kappa shape index (κ3) is 14.9. The minimum atomic E-state index is -2.21. The van der Waals surface area contributed by atoms with Crippen LogP contribution in [0, 0.1) is 0 Å². The number of carbonyl (C=O) groups excluding carboxylic acids is 1. The summed E-state index contributed by atoms with van der Waals surface area (Å²) in [5, 5.41) is 0. The van der Waals surface area contributed by atoms with E-state index in [2.05, 4.69) is 77.0 Å². The van der Waals surface area contributed by atoms with Crippen molar-refractivity contribution in [2.24, 2.45) is 4.99 Å². The zero-order valence-electron chi connectivity index (χ0n) is 19.6. The van der Waals surface area contributed by atoms with Crippen molar-refractivity contribution >= 4 is 47.9 Å².